The van der Waals surface area contributed by atoms with Crippen LogP contribution >= 0.6 is 11.3 Å². The molecule has 24 heavy (non-hydrogen) atoms. The van der Waals surface area contributed by atoms with E-state index in [0.29, 0.717) is 19.4 Å². The van der Waals surface area contributed by atoms with Crippen molar-refractivity contribution in [3.63, 3.8) is 0 Å². The molecule has 7 heteroatoms. The fourth-order valence-electron chi connectivity index (χ4n) is 2.51. The predicted molar refractivity (Wildman–Crippen MR) is 93.5 cm³/mol. The van der Waals surface area contributed by atoms with Gasteiger partial charge >= 0.3 is 0 Å². The van der Waals surface area contributed by atoms with E-state index in [9.17, 15) is 4.79 Å². The highest BCUT2D eigenvalue weighted by Gasteiger charge is 2.13. The first-order valence-corrected chi connectivity index (χ1v) is 8.59. The van der Waals surface area contributed by atoms with E-state index in [1.165, 1.54) is 0 Å². The van der Waals surface area contributed by atoms with Crippen LogP contribution in [0, 0.1) is 13.8 Å². The standard InChI is InChI=1S/C17H20N4O2S/c1-11-15(21-17(19-11)24-12(2)20-21)10-18-16(22)9-6-13-4-7-14(23-3)8-5-13/h4-5,7-8H,6,9-10H2,1-3H3,(H,18,22). The number of aromatic nitrogens is 3. The van der Waals surface area contributed by atoms with Crippen molar-refractivity contribution >= 4 is 22.2 Å². The zero-order valence-corrected chi connectivity index (χ0v) is 14.8. The van der Waals surface area contributed by atoms with Crippen LogP contribution in [0.25, 0.3) is 4.96 Å². The van der Waals surface area contributed by atoms with Crippen LogP contribution in [0.2, 0.25) is 0 Å². The van der Waals surface area contributed by atoms with Crippen LogP contribution in [0.3, 0.4) is 0 Å². The molecule has 1 aromatic carbocycles. The van der Waals surface area contributed by atoms with E-state index in [1.807, 2.05) is 42.6 Å². The van der Waals surface area contributed by atoms with Crippen molar-refractivity contribution < 1.29 is 9.53 Å². The Kier molecular flexibility index (Phi) is 4.80. The normalized spacial score (nSPS) is 11.0. The molecular formula is C17H20N4O2S. The predicted octanol–water partition coefficient (Wildman–Crippen LogP) is 2.67. The Hall–Kier alpha value is -2.41. The molecular weight excluding hydrogens is 324 g/mol. The number of fused-ring (bicyclic) bond motifs is 1. The van der Waals surface area contributed by atoms with Gasteiger partial charge in [-0.25, -0.2) is 9.50 Å². The van der Waals surface area contributed by atoms with Crippen LogP contribution in [0.15, 0.2) is 24.3 Å². The van der Waals surface area contributed by atoms with Crippen LogP contribution in [0.4, 0.5) is 0 Å². The van der Waals surface area contributed by atoms with Crippen molar-refractivity contribution in [3.8, 4) is 5.75 Å². The third kappa shape index (κ3) is 3.56. The molecule has 0 atom stereocenters. The lowest BCUT2D eigenvalue weighted by molar-refractivity contribution is -0.121. The molecule has 0 fully saturated rings. The number of hydrogen-bond acceptors (Lipinski definition) is 5. The number of benzene rings is 1. The molecule has 0 aliphatic heterocycles. The van der Waals surface area contributed by atoms with Crippen molar-refractivity contribution in [2.75, 3.05) is 7.11 Å². The van der Waals surface area contributed by atoms with Crippen molar-refractivity contribution in [2.24, 2.45) is 0 Å². The second-order valence-corrected chi connectivity index (χ2v) is 6.74. The van der Waals surface area contributed by atoms with Crippen LogP contribution in [0.5, 0.6) is 5.75 Å². The maximum atomic E-state index is 12.1. The number of imidazole rings is 1. The zero-order chi connectivity index (χ0) is 17.1. The van der Waals surface area contributed by atoms with E-state index >= 15 is 0 Å². The first-order chi connectivity index (χ1) is 11.6. The molecule has 0 aliphatic carbocycles. The molecule has 0 aliphatic rings. The number of carbonyl (C=O) groups excluding carboxylic acids is 1. The molecule has 0 saturated heterocycles. The Bertz CT molecular complexity index is 851. The third-order valence-corrected chi connectivity index (χ3v) is 4.67. The number of nitrogens with zero attached hydrogens (tertiary/aromatic N) is 3. The number of amides is 1. The number of carbonyl (C=O) groups is 1. The Morgan fingerprint density at radius 2 is 2.04 bits per heavy atom. The number of nitrogens with one attached hydrogen (secondary N) is 1. The Morgan fingerprint density at radius 1 is 1.29 bits per heavy atom. The summed E-state index contributed by atoms with van der Waals surface area (Å²) in [7, 11) is 1.64. The maximum absolute atomic E-state index is 12.1. The van der Waals surface area contributed by atoms with Gasteiger partial charge in [0.1, 0.15) is 10.8 Å². The minimum atomic E-state index is 0.0205. The SMILES string of the molecule is COc1ccc(CCC(=O)NCc2c(C)nc3sc(C)nn23)cc1. The molecule has 3 rings (SSSR count). The van der Waals surface area contributed by atoms with Gasteiger partial charge in [0.15, 0.2) is 0 Å². The van der Waals surface area contributed by atoms with Gasteiger partial charge in [-0.2, -0.15) is 5.10 Å². The summed E-state index contributed by atoms with van der Waals surface area (Å²) in [6, 6.07) is 7.78. The number of rotatable bonds is 6. The highest BCUT2D eigenvalue weighted by Crippen LogP contribution is 2.18. The number of hydrogen-bond donors (Lipinski definition) is 1. The topological polar surface area (TPSA) is 68.5 Å². The maximum Gasteiger partial charge on any atom is 0.220 e. The molecule has 0 bridgehead atoms. The molecule has 0 unspecified atom stereocenters. The monoisotopic (exact) mass is 344 g/mol. The first kappa shape index (κ1) is 16.4. The van der Waals surface area contributed by atoms with Crippen molar-refractivity contribution in [3.05, 3.63) is 46.2 Å². The molecule has 0 radical (unpaired) electrons. The van der Waals surface area contributed by atoms with E-state index in [2.05, 4.69) is 15.4 Å². The smallest absolute Gasteiger partial charge is 0.220 e. The molecule has 0 saturated carbocycles. The van der Waals surface area contributed by atoms with E-state index in [-0.39, 0.29) is 5.91 Å². The minimum Gasteiger partial charge on any atom is -0.497 e. The number of aryl methyl sites for hydroxylation is 3. The quantitative estimate of drug-likeness (QED) is 0.746. The molecule has 2 aromatic heterocycles. The molecule has 1 N–H and O–H groups in total. The van der Waals surface area contributed by atoms with Crippen LogP contribution in [-0.4, -0.2) is 27.6 Å². The van der Waals surface area contributed by atoms with Crippen LogP contribution < -0.4 is 10.1 Å². The van der Waals surface area contributed by atoms with Gasteiger partial charge in [-0.05, 0) is 38.0 Å². The molecule has 2 heterocycles. The summed E-state index contributed by atoms with van der Waals surface area (Å²) >= 11 is 1.55. The summed E-state index contributed by atoms with van der Waals surface area (Å²) in [6.45, 7) is 4.33. The largest absolute Gasteiger partial charge is 0.497 e. The Labute approximate surface area is 144 Å². The van der Waals surface area contributed by atoms with Gasteiger partial charge in [0.05, 0.1) is 25.0 Å². The summed E-state index contributed by atoms with van der Waals surface area (Å²) < 4.78 is 6.95. The summed E-state index contributed by atoms with van der Waals surface area (Å²) in [4.78, 5) is 17.4. The van der Waals surface area contributed by atoms with Crippen molar-refractivity contribution in [2.45, 2.75) is 33.2 Å². The first-order valence-electron chi connectivity index (χ1n) is 7.78. The second kappa shape index (κ2) is 7.00. The average molecular weight is 344 g/mol. The fraction of sp³-hybridized carbons (Fsp3) is 0.353. The third-order valence-electron chi connectivity index (χ3n) is 3.85. The van der Waals surface area contributed by atoms with Gasteiger partial charge in [0, 0.05) is 6.42 Å². The molecule has 126 valence electrons. The summed E-state index contributed by atoms with van der Waals surface area (Å²) in [5.41, 5.74) is 2.96. The van der Waals surface area contributed by atoms with E-state index < -0.39 is 0 Å². The molecule has 3 aromatic rings. The Morgan fingerprint density at radius 3 is 2.75 bits per heavy atom. The summed E-state index contributed by atoms with van der Waals surface area (Å²) in [6.07, 6.45) is 1.15. The lowest BCUT2D eigenvalue weighted by Gasteiger charge is -2.06. The zero-order valence-electron chi connectivity index (χ0n) is 14.0. The lowest BCUT2D eigenvalue weighted by Crippen LogP contribution is -2.24. The molecule has 6 nitrogen and oxygen atoms in total. The Balaban J connectivity index is 1.55. The van der Waals surface area contributed by atoms with E-state index in [0.717, 1.165) is 32.7 Å². The second-order valence-electron chi connectivity index (χ2n) is 5.58. The van der Waals surface area contributed by atoms with Crippen molar-refractivity contribution in [1.82, 2.24) is 19.9 Å². The van der Waals surface area contributed by atoms with Gasteiger partial charge in [0.2, 0.25) is 10.9 Å². The van der Waals surface area contributed by atoms with Crippen LogP contribution in [-0.2, 0) is 17.8 Å². The molecule has 0 spiro atoms. The molecule has 1 amide bonds. The van der Waals surface area contributed by atoms with E-state index in [4.69, 9.17) is 4.74 Å². The minimum absolute atomic E-state index is 0.0205. The van der Waals surface area contributed by atoms with Gasteiger partial charge in [0.25, 0.3) is 0 Å². The highest BCUT2D eigenvalue weighted by atomic mass is 32.1. The van der Waals surface area contributed by atoms with Gasteiger partial charge in [-0.1, -0.05) is 23.5 Å². The van der Waals surface area contributed by atoms with E-state index in [1.54, 1.807) is 18.4 Å². The lowest BCUT2D eigenvalue weighted by atomic mass is 10.1. The fourth-order valence-corrected chi connectivity index (χ4v) is 3.32. The van der Waals surface area contributed by atoms with Crippen molar-refractivity contribution in [1.29, 1.82) is 0 Å². The van der Waals surface area contributed by atoms with Gasteiger partial charge in [-0.15, -0.1) is 0 Å². The summed E-state index contributed by atoms with van der Waals surface area (Å²) in [5, 5.41) is 8.35. The van der Waals surface area contributed by atoms with Crippen LogP contribution in [0.1, 0.15) is 28.4 Å². The van der Waals surface area contributed by atoms with Gasteiger partial charge < -0.3 is 10.1 Å². The average Bonchev–Trinajstić information content (AvgIpc) is 3.06. The number of ether oxygens (including phenoxy) is 1. The summed E-state index contributed by atoms with van der Waals surface area (Å²) in [5.74, 6) is 0.842. The van der Waals surface area contributed by atoms with Gasteiger partial charge in [-0.3, -0.25) is 4.79 Å². The number of methoxy groups -OCH3 is 1. The highest BCUT2D eigenvalue weighted by molar-refractivity contribution is 7.16.